The molecule has 7 heteroatoms. The molecule has 0 spiro atoms. The number of carbonyl (C=O) groups excluding carboxylic acids is 1. The Morgan fingerprint density at radius 1 is 1.38 bits per heavy atom. The van der Waals surface area contributed by atoms with E-state index in [1.54, 1.807) is 12.1 Å². The first kappa shape index (κ1) is 15.7. The molecule has 1 aromatic rings. The van der Waals surface area contributed by atoms with Crippen molar-refractivity contribution >= 4 is 21.6 Å². The first-order chi connectivity index (χ1) is 10.0. The highest BCUT2D eigenvalue weighted by molar-refractivity contribution is 7.89. The van der Waals surface area contributed by atoms with Crippen molar-refractivity contribution in [3.8, 4) is 0 Å². The molecule has 6 nitrogen and oxygen atoms in total. The summed E-state index contributed by atoms with van der Waals surface area (Å²) in [6.07, 6.45) is 3.21. The molecule has 1 fully saturated rings. The molecule has 1 atom stereocenters. The van der Waals surface area contributed by atoms with E-state index >= 15 is 0 Å². The quantitative estimate of drug-likeness (QED) is 0.680. The van der Waals surface area contributed by atoms with E-state index in [4.69, 9.17) is 0 Å². The molecule has 1 aromatic carbocycles. The van der Waals surface area contributed by atoms with Gasteiger partial charge >= 0.3 is 0 Å². The zero-order valence-electron chi connectivity index (χ0n) is 11.6. The summed E-state index contributed by atoms with van der Waals surface area (Å²) in [4.78, 5) is 11.3. The van der Waals surface area contributed by atoms with Crippen LogP contribution in [0, 0.1) is 0 Å². The van der Waals surface area contributed by atoms with Crippen molar-refractivity contribution in [1.29, 1.82) is 0 Å². The van der Waals surface area contributed by atoms with Crippen LogP contribution in [0.5, 0.6) is 0 Å². The largest absolute Gasteiger partial charge is 0.323 e. The number of benzene rings is 1. The van der Waals surface area contributed by atoms with Gasteiger partial charge in [-0.1, -0.05) is 6.58 Å². The lowest BCUT2D eigenvalue weighted by atomic mass is 10.2. The highest BCUT2D eigenvalue weighted by Crippen LogP contribution is 2.14. The second-order valence-electron chi connectivity index (χ2n) is 4.86. The van der Waals surface area contributed by atoms with Gasteiger partial charge < -0.3 is 10.6 Å². The average Bonchev–Trinajstić information content (AvgIpc) is 2.99. The van der Waals surface area contributed by atoms with Gasteiger partial charge in [0.15, 0.2) is 0 Å². The lowest BCUT2D eigenvalue weighted by Crippen LogP contribution is -2.37. The molecular formula is C14H19N3O3S. The topological polar surface area (TPSA) is 87.3 Å². The summed E-state index contributed by atoms with van der Waals surface area (Å²) in [7, 11) is -3.52. The van der Waals surface area contributed by atoms with Crippen LogP contribution in [0.15, 0.2) is 41.8 Å². The number of hydrogen-bond acceptors (Lipinski definition) is 4. The van der Waals surface area contributed by atoms with Gasteiger partial charge in [0.1, 0.15) is 0 Å². The number of amides is 1. The zero-order valence-corrected chi connectivity index (χ0v) is 12.4. The maximum atomic E-state index is 12.1. The summed E-state index contributed by atoms with van der Waals surface area (Å²) >= 11 is 0. The maximum Gasteiger partial charge on any atom is 0.247 e. The maximum absolute atomic E-state index is 12.1. The van der Waals surface area contributed by atoms with E-state index in [9.17, 15) is 13.2 Å². The normalized spacial score (nSPS) is 18.4. The van der Waals surface area contributed by atoms with Crippen LogP contribution in [0.1, 0.15) is 12.8 Å². The van der Waals surface area contributed by atoms with Gasteiger partial charge in [0, 0.05) is 18.3 Å². The smallest absolute Gasteiger partial charge is 0.247 e. The monoisotopic (exact) mass is 309 g/mol. The SMILES string of the molecule is C=CC(=O)Nc1ccc(S(=O)(=O)NCC2CCCN2)cc1. The second kappa shape index (κ2) is 6.84. The molecule has 1 heterocycles. The molecule has 3 N–H and O–H groups in total. The first-order valence-corrected chi connectivity index (χ1v) is 8.26. The van der Waals surface area contributed by atoms with Gasteiger partial charge in [0.2, 0.25) is 15.9 Å². The van der Waals surface area contributed by atoms with E-state index in [1.807, 2.05) is 0 Å². The van der Waals surface area contributed by atoms with Crippen molar-refractivity contribution in [3.05, 3.63) is 36.9 Å². The van der Waals surface area contributed by atoms with E-state index < -0.39 is 10.0 Å². The summed E-state index contributed by atoms with van der Waals surface area (Å²) < 4.78 is 26.9. The Hall–Kier alpha value is -1.70. The molecule has 0 saturated carbocycles. The Morgan fingerprint density at radius 3 is 2.67 bits per heavy atom. The van der Waals surface area contributed by atoms with Crippen LogP contribution >= 0.6 is 0 Å². The third kappa shape index (κ3) is 4.38. The highest BCUT2D eigenvalue weighted by Gasteiger charge is 2.19. The van der Waals surface area contributed by atoms with Gasteiger partial charge in [-0.3, -0.25) is 4.79 Å². The van der Waals surface area contributed by atoms with Crippen LogP contribution in [0.25, 0.3) is 0 Å². The van der Waals surface area contributed by atoms with E-state index in [0.29, 0.717) is 12.2 Å². The van der Waals surface area contributed by atoms with Crippen LogP contribution in [0.3, 0.4) is 0 Å². The fourth-order valence-electron chi connectivity index (χ4n) is 2.14. The van der Waals surface area contributed by atoms with Crippen molar-refractivity contribution < 1.29 is 13.2 Å². The predicted molar refractivity (Wildman–Crippen MR) is 81.5 cm³/mol. The molecule has 0 bridgehead atoms. The summed E-state index contributed by atoms with van der Waals surface area (Å²) in [6, 6.07) is 6.21. The Labute approximate surface area is 124 Å². The van der Waals surface area contributed by atoms with Crippen LogP contribution in [-0.4, -0.2) is 33.5 Å². The highest BCUT2D eigenvalue weighted by atomic mass is 32.2. The number of nitrogens with one attached hydrogen (secondary N) is 3. The summed E-state index contributed by atoms with van der Waals surface area (Å²) in [5.41, 5.74) is 0.524. The van der Waals surface area contributed by atoms with Gasteiger partial charge in [-0.15, -0.1) is 0 Å². The molecule has 1 saturated heterocycles. The molecule has 1 aliphatic heterocycles. The Morgan fingerprint density at radius 2 is 2.10 bits per heavy atom. The van der Waals surface area contributed by atoms with Gasteiger partial charge in [-0.25, -0.2) is 13.1 Å². The Kier molecular flexibility index (Phi) is 5.11. The standard InChI is InChI=1S/C14H19N3O3S/c1-2-14(18)17-11-5-7-13(8-6-11)21(19,20)16-10-12-4-3-9-15-12/h2,5-8,12,15-16H,1,3-4,9-10H2,(H,17,18). The van der Waals surface area contributed by atoms with Crippen molar-refractivity contribution in [1.82, 2.24) is 10.0 Å². The van der Waals surface area contributed by atoms with Crippen molar-refractivity contribution in [2.45, 2.75) is 23.8 Å². The van der Waals surface area contributed by atoms with E-state index in [-0.39, 0.29) is 16.8 Å². The second-order valence-corrected chi connectivity index (χ2v) is 6.63. The summed E-state index contributed by atoms with van der Waals surface area (Å²) in [5.74, 6) is -0.337. The lowest BCUT2D eigenvalue weighted by molar-refractivity contribution is -0.111. The molecule has 0 aromatic heterocycles. The number of rotatable bonds is 6. The predicted octanol–water partition coefficient (Wildman–Crippen LogP) is 0.841. The molecule has 114 valence electrons. The fraction of sp³-hybridized carbons (Fsp3) is 0.357. The number of hydrogen-bond donors (Lipinski definition) is 3. The number of carbonyl (C=O) groups is 1. The molecule has 2 rings (SSSR count). The molecule has 1 aliphatic rings. The molecule has 0 radical (unpaired) electrons. The van der Waals surface area contributed by atoms with E-state index in [2.05, 4.69) is 21.9 Å². The minimum Gasteiger partial charge on any atom is -0.323 e. The molecule has 1 amide bonds. The van der Waals surface area contributed by atoms with Crippen LogP contribution in [0.4, 0.5) is 5.69 Å². The van der Waals surface area contributed by atoms with Gasteiger partial charge in [-0.2, -0.15) is 0 Å². The van der Waals surface area contributed by atoms with Gasteiger partial charge in [0.05, 0.1) is 4.90 Å². The van der Waals surface area contributed by atoms with Crippen LogP contribution < -0.4 is 15.4 Å². The minimum absolute atomic E-state index is 0.178. The van der Waals surface area contributed by atoms with E-state index in [0.717, 1.165) is 25.5 Å². The minimum atomic E-state index is -3.52. The third-order valence-corrected chi connectivity index (χ3v) is 4.74. The molecule has 1 unspecified atom stereocenters. The zero-order chi connectivity index (χ0) is 15.3. The van der Waals surface area contributed by atoms with Crippen molar-refractivity contribution in [2.75, 3.05) is 18.4 Å². The lowest BCUT2D eigenvalue weighted by Gasteiger charge is -2.12. The van der Waals surface area contributed by atoms with Crippen LogP contribution in [0.2, 0.25) is 0 Å². The summed E-state index contributed by atoms with van der Waals surface area (Å²) in [5, 5.41) is 5.80. The third-order valence-electron chi connectivity index (χ3n) is 3.30. The molecule has 21 heavy (non-hydrogen) atoms. The van der Waals surface area contributed by atoms with Crippen molar-refractivity contribution in [3.63, 3.8) is 0 Å². The number of sulfonamides is 1. The van der Waals surface area contributed by atoms with E-state index in [1.165, 1.54) is 12.1 Å². The average molecular weight is 309 g/mol. The van der Waals surface area contributed by atoms with Gasteiger partial charge in [-0.05, 0) is 49.7 Å². The first-order valence-electron chi connectivity index (χ1n) is 6.78. The van der Waals surface area contributed by atoms with Gasteiger partial charge in [0.25, 0.3) is 0 Å². The van der Waals surface area contributed by atoms with Crippen LogP contribution in [-0.2, 0) is 14.8 Å². The Bertz CT molecular complexity index is 605. The number of anilines is 1. The summed E-state index contributed by atoms with van der Waals surface area (Å²) in [6.45, 7) is 4.67. The molecular weight excluding hydrogens is 290 g/mol. The fourth-order valence-corrected chi connectivity index (χ4v) is 3.22. The molecule has 0 aliphatic carbocycles. The Balaban J connectivity index is 1.98. The van der Waals surface area contributed by atoms with Crippen molar-refractivity contribution in [2.24, 2.45) is 0 Å².